The highest BCUT2D eigenvalue weighted by Crippen LogP contribution is 2.24. The Morgan fingerprint density at radius 1 is 1.53 bits per heavy atom. The Morgan fingerprint density at radius 2 is 2.29 bits per heavy atom. The summed E-state index contributed by atoms with van der Waals surface area (Å²) in [4.78, 5) is 2.31. The van der Waals surface area contributed by atoms with Gasteiger partial charge in [-0.15, -0.1) is 0 Å². The Kier molecular flexibility index (Phi) is 3.56. The number of likely N-dealkylation sites (tertiary alicyclic amines) is 1. The first-order chi connectivity index (χ1) is 8.10. The molecule has 4 heteroatoms. The maximum absolute atomic E-state index is 9.04. The summed E-state index contributed by atoms with van der Waals surface area (Å²) in [7, 11) is 2.12. The summed E-state index contributed by atoms with van der Waals surface area (Å²) in [6.07, 6.45) is 1.09. The van der Waals surface area contributed by atoms with E-state index in [2.05, 4.69) is 30.3 Å². The van der Waals surface area contributed by atoms with Gasteiger partial charge in [0, 0.05) is 23.7 Å². The van der Waals surface area contributed by atoms with Crippen LogP contribution in [0, 0.1) is 11.3 Å². The number of hydrogen-bond acceptors (Lipinski definition) is 3. The second-order valence-corrected chi connectivity index (χ2v) is 5.10. The van der Waals surface area contributed by atoms with Crippen molar-refractivity contribution in [3.8, 4) is 6.07 Å². The lowest BCUT2D eigenvalue weighted by molar-refractivity contribution is 0.330. The first kappa shape index (κ1) is 12.2. The second kappa shape index (κ2) is 4.95. The van der Waals surface area contributed by atoms with Crippen LogP contribution < -0.4 is 5.32 Å². The van der Waals surface area contributed by atoms with Gasteiger partial charge in [-0.25, -0.2) is 0 Å². The fraction of sp³-hybridized carbons (Fsp3) is 0.462. The topological polar surface area (TPSA) is 39.1 Å². The molecule has 0 aliphatic carbocycles. The molecule has 1 aliphatic rings. The maximum Gasteiger partial charge on any atom is 0.101 e. The van der Waals surface area contributed by atoms with Gasteiger partial charge in [0.2, 0.25) is 0 Å². The van der Waals surface area contributed by atoms with Crippen molar-refractivity contribution in [3.63, 3.8) is 0 Å². The van der Waals surface area contributed by atoms with E-state index in [0.717, 1.165) is 18.7 Å². The molecule has 0 radical (unpaired) electrons. The van der Waals surface area contributed by atoms with Crippen molar-refractivity contribution in [2.75, 3.05) is 18.9 Å². The third-order valence-corrected chi connectivity index (χ3v) is 3.58. The lowest BCUT2D eigenvalue weighted by Gasteiger charge is -2.15. The van der Waals surface area contributed by atoms with Crippen LogP contribution in [0.1, 0.15) is 18.9 Å². The van der Waals surface area contributed by atoms with Gasteiger partial charge >= 0.3 is 0 Å². The summed E-state index contributed by atoms with van der Waals surface area (Å²) in [5.41, 5.74) is 1.49. The number of nitrogens with zero attached hydrogens (tertiary/aromatic N) is 2. The fourth-order valence-electron chi connectivity index (χ4n) is 2.25. The van der Waals surface area contributed by atoms with Crippen molar-refractivity contribution >= 4 is 17.3 Å². The average Bonchev–Trinajstić information content (AvgIpc) is 2.58. The number of nitriles is 1. The van der Waals surface area contributed by atoms with Gasteiger partial charge in [-0.05, 0) is 38.6 Å². The van der Waals surface area contributed by atoms with Gasteiger partial charge < -0.3 is 10.2 Å². The molecule has 0 spiro atoms. The summed E-state index contributed by atoms with van der Waals surface area (Å²) in [6.45, 7) is 3.21. The van der Waals surface area contributed by atoms with E-state index in [1.165, 1.54) is 0 Å². The number of nitrogens with one attached hydrogen (secondary N) is 1. The van der Waals surface area contributed by atoms with E-state index in [1.807, 2.05) is 6.07 Å². The van der Waals surface area contributed by atoms with Gasteiger partial charge in [0.05, 0.1) is 11.3 Å². The molecule has 1 aromatic rings. The van der Waals surface area contributed by atoms with Gasteiger partial charge in [-0.1, -0.05) is 11.6 Å². The van der Waals surface area contributed by atoms with Gasteiger partial charge in [0.15, 0.2) is 0 Å². The Hall–Kier alpha value is -1.24. The minimum absolute atomic E-state index is 0.389. The maximum atomic E-state index is 9.04. The van der Waals surface area contributed by atoms with E-state index >= 15 is 0 Å². The van der Waals surface area contributed by atoms with Gasteiger partial charge in [-0.2, -0.15) is 5.26 Å². The molecule has 1 N–H and O–H groups in total. The predicted molar refractivity (Wildman–Crippen MR) is 70.3 cm³/mol. The Balaban J connectivity index is 2.14. The number of benzene rings is 1. The Morgan fingerprint density at radius 3 is 2.88 bits per heavy atom. The molecule has 1 fully saturated rings. The van der Waals surface area contributed by atoms with Crippen molar-refractivity contribution in [3.05, 3.63) is 28.8 Å². The van der Waals surface area contributed by atoms with E-state index in [-0.39, 0.29) is 0 Å². The van der Waals surface area contributed by atoms with Crippen molar-refractivity contribution < 1.29 is 0 Å². The molecule has 1 heterocycles. The molecule has 2 unspecified atom stereocenters. The number of rotatable bonds is 2. The van der Waals surface area contributed by atoms with Crippen LogP contribution in [-0.2, 0) is 0 Å². The monoisotopic (exact) mass is 249 g/mol. The quantitative estimate of drug-likeness (QED) is 0.876. The summed E-state index contributed by atoms with van der Waals surface area (Å²) in [5.74, 6) is 0. The van der Waals surface area contributed by atoms with Gasteiger partial charge in [0.25, 0.3) is 0 Å². The summed E-state index contributed by atoms with van der Waals surface area (Å²) >= 11 is 5.96. The lowest BCUT2D eigenvalue weighted by Crippen LogP contribution is -2.25. The first-order valence-electron chi connectivity index (χ1n) is 5.76. The zero-order chi connectivity index (χ0) is 12.4. The van der Waals surface area contributed by atoms with Crippen molar-refractivity contribution in [1.29, 1.82) is 5.26 Å². The molecule has 0 aromatic heterocycles. The van der Waals surface area contributed by atoms with E-state index in [4.69, 9.17) is 16.9 Å². The van der Waals surface area contributed by atoms with E-state index < -0.39 is 0 Å². The largest absolute Gasteiger partial charge is 0.380 e. The minimum Gasteiger partial charge on any atom is -0.380 e. The summed E-state index contributed by atoms with van der Waals surface area (Å²) in [5, 5.41) is 13.1. The van der Waals surface area contributed by atoms with Crippen molar-refractivity contribution in [1.82, 2.24) is 4.90 Å². The van der Waals surface area contributed by atoms with E-state index in [9.17, 15) is 0 Å². The van der Waals surface area contributed by atoms with Crippen LogP contribution in [0.5, 0.6) is 0 Å². The molecule has 0 saturated carbocycles. The molecule has 1 saturated heterocycles. The van der Waals surface area contributed by atoms with E-state index in [0.29, 0.717) is 22.7 Å². The SMILES string of the molecule is CC1CC(Nc2cc(Cl)ccc2C#N)CN1C. The molecule has 0 amide bonds. The lowest BCUT2D eigenvalue weighted by atomic mass is 10.1. The zero-order valence-electron chi connectivity index (χ0n) is 10.1. The molecule has 0 bridgehead atoms. The summed E-state index contributed by atoms with van der Waals surface area (Å²) < 4.78 is 0. The van der Waals surface area contributed by atoms with Crippen molar-refractivity contribution in [2.24, 2.45) is 0 Å². The van der Waals surface area contributed by atoms with Crippen LogP contribution in [0.25, 0.3) is 0 Å². The molecule has 1 aromatic carbocycles. The molecular weight excluding hydrogens is 234 g/mol. The fourth-order valence-corrected chi connectivity index (χ4v) is 2.42. The van der Waals surface area contributed by atoms with Crippen molar-refractivity contribution in [2.45, 2.75) is 25.4 Å². The molecule has 2 atom stereocenters. The number of likely N-dealkylation sites (N-methyl/N-ethyl adjacent to an activating group) is 1. The second-order valence-electron chi connectivity index (χ2n) is 4.67. The molecule has 17 heavy (non-hydrogen) atoms. The predicted octanol–water partition coefficient (Wildman–Crippen LogP) is 2.72. The zero-order valence-corrected chi connectivity index (χ0v) is 10.8. The van der Waals surface area contributed by atoms with Gasteiger partial charge in [-0.3, -0.25) is 0 Å². The normalized spacial score (nSPS) is 24.6. The number of hydrogen-bond donors (Lipinski definition) is 1. The standard InChI is InChI=1S/C13H16ClN3/c1-9-5-12(8-17(9)2)16-13-6-11(14)4-3-10(13)7-15/h3-4,6,9,12,16H,5,8H2,1-2H3. The smallest absolute Gasteiger partial charge is 0.101 e. The highest BCUT2D eigenvalue weighted by molar-refractivity contribution is 6.30. The highest BCUT2D eigenvalue weighted by Gasteiger charge is 2.26. The van der Waals surface area contributed by atoms with Crippen LogP contribution in [0.2, 0.25) is 5.02 Å². The number of anilines is 1. The Bertz CT molecular complexity index is 442. The van der Waals surface area contributed by atoms with E-state index in [1.54, 1.807) is 12.1 Å². The molecule has 90 valence electrons. The third-order valence-electron chi connectivity index (χ3n) is 3.35. The van der Waals surface area contributed by atoms with Gasteiger partial charge in [0.1, 0.15) is 6.07 Å². The minimum atomic E-state index is 0.389. The molecule has 3 nitrogen and oxygen atoms in total. The molecule has 2 rings (SSSR count). The molecule has 1 aliphatic heterocycles. The van der Waals surface area contributed by atoms with Crippen LogP contribution in [0.15, 0.2) is 18.2 Å². The molecular formula is C13H16ClN3. The highest BCUT2D eigenvalue weighted by atomic mass is 35.5. The average molecular weight is 250 g/mol. The van der Waals surface area contributed by atoms with Crippen LogP contribution in [0.3, 0.4) is 0 Å². The first-order valence-corrected chi connectivity index (χ1v) is 6.14. The number of halogens is 1. The van der Waals surface area contributed by atoms with Crippen LogP contribution in [-0.4, -0.2) is 30.6 Å². The summed E-state index contributed by atoms with van der Waals surface area (Å²) in [6, 6.07) is 8.48. The Labute approximate surface area is 107 Å². The van der Waals surface area contributed by atoms with Crippen LogP contribution >= 0.6 is 11.6 Å². The third kappa shape index (κ3) is 2.71. The van der Waals surface area contributed by atoms with Crippen LogP contribution in [0.4, 0.5) is 5.69 Å².